The largest absolute Gasteiger partial charge is 0.612 e. The molecule has 3 nitrogen and oxygen atoms in total. The summed E-state index contributed by atoms with van der Waals surface area (Å²) in [6.45, 7) is 6.31. The molecule has 1 aliphatic rings. The fourth-order valence-electron chi connectivity index (χ4n) is 4.25. The highest BCUT2D eigenvalue weighted by atomic mass is 32.2. The molecule has 0 saturated heterocycles. The van der Waals surface area contributed by atoms with E-state index in [2.05, 4.69) is 11.9 Å². The van der Waals surface area contributed by atoms with Crippen LogP contribution in [-0.2, 0) is 16.0 Å². The highest BCUT2D eigenvalue weighted by Gasteiger charge is 2.33. The molecule has 0 saturated carbocycles. The van der Waals surface area contributed by atoms with Crippen LogP contribution in [0.1, 0.15) is 41.6 Å². The van der Waals surface area contributed by atoms with Gasteiger partial charge >= 0.3 is 0 Å². The zero-order valence-corrected chi connectivity index (χ0v) is 19.7. The number of fused-ring (bicyclic) bond motifs is 1. The summed E-state index contributed by atoms with van der Waals surface area (Å²) < 4.78 is 13.2. The molecule has 0 radical (unpaired) electrons. The highest BCUT2D eigenvalue weighted by Crippen LogP contribution is 2.41. The van der Waals surface area contributed by atoms with Gasteiger partial charge in [0, 0.05) is 11.1 Å². The van der Waals surface area contributed by atoms with E-state index in [9.17, 15) is 9.35 Å². The van der Waals surface area contributed by atoms with Gasteiger partial charge in [-0.05, 0) is 45.9 Å². The first-order valence-electron chi connectivity index (χ1n) is 11.0. The van der Waals surface area contributed by atoms with E-state index >= 15 is 0 Å². The maximum atomic E-state index is 13.9. The van der Waals surface area contributed by atoms with Crippen LogP contribution in [0.4, 0.5) is 0 Å². The zero-order chi connectivity index (χ0) is 23.4. The van der Waals surface area contributed by atoms with Crippen molar-refractivity contribution >= 4 is 33.8 Å². The lowest BCUT2D eigenvalue weighted by atomic mass is 9.95. The number of amides is 1. The molecule has 1 N–H and O–H groups in total. The van der Waals surface area contributed by atoms with E-state index in [1.165, 1.54) is 0 Å². The van der Waals surface area contributed by atoms with Crippen molar-refractivity contribution in [3.05, 3.63) is 125 Å². The molecular formula is C29H27NO2S. The minimum Gasteiger partial charge on any atom is -0.612 e. The van der Waals surface area contributed by atoms with E-state index in [4.69, 9.17) is 0 Å². The SMILES string of the molecule is C=C1C=C(c2ccccc2)C([S+](C)[O-])=C(C(=O)N[C@@H](CC)c2ccccc2)c2ccccc21. The molecule has 3 aromatic carbocycles. The average molecular weight is 454 g/mol. The van der Waals surface area contributed by atoms with Crippen LogP contribution in [0, 0.1) is 0 Å². The summed E-state index contributed by atoms with van der Waals surface area (Å²) in [5.74, 6) is -0.236. The van der Waals surface area contributed by atoms with Gasteiger partial charge < -0.3 is 9.87 Å². The molecule has 0 fully saturated rings. The fourth-order valence-corrected chi connectivity index (χ4v) is 5.23. The molecule has 0 heterocycles. The van der Waals surface area contributed by atoms with Crippen LogP contribution in [0.15, 0.2) is 102 Å². The second-order valence-electron chi connectivity index (χ2n) is 8.00. The van der Waals surface area contributed by atoms with Gasteiger partial charge in [0.05, 0.1) is 6.04 Å². The molecule has 4 rings (SSSR count). The molecule has 0 aromatic heterocycles. The lowest BCUT2D eigenvalue weighted by Gasteiger charge is -2.21. The number of carbonyl (C=O) groups excluding carboxylic acids is 1. The lowest BCUT2D eigenvalue weighted by molar-refractivity contribution is -0.116. The first-order valence-corrected chi connectivity index (χ1v) is 12.6. The Kier molecular flexibility index (Phi) is 6.97. The van der Waals surface area contributed by atoms with Gasteiger partial charge in [0.25, 0.3) is 5.91 Å². The van der Waals surface area contributed by atoms with Crippen molar-refractivity contribution in [2.24, 2.45) is 0 Å². The first kappa shape index (κ1) is 22.8. The van der Waals surface area contributed by atoms with E-state index in [-0.39, 0.29) is 11.9 Å². The average Bonchev–Trinajstić information content (AvgIpc) is 2.98. The summed E-state index contributed by atoms with van der Waals surface area (Å²) in [6.07, 6.45) is 4.31. The molecular weight excluding hydrogens is 426 g/mol. The molecule has 1 unspecified atom stereocenters. The number of nitrogens with one attached hydrogen (secondary N) is 1. The van der Waals surface area contributed by atoms with E-state index in [1.807, 2.05) is 97.9 Å². The van der Waals surface area contributed by atoms with Crippen LogP contribution in [0.5, 0.6) is 0 Å². The van der Waals surface area contributed by atoms with Gasteiger partial charge in [-0.3, -0.25) is 4.79 Å². The number of allylic oxidation sites excluding steroid dienone is 3. The predicted octanol–water partition coefficient (Wildman–Crippen LogP) is 6.15. The molecule has 0 bridgehead atoms. The third-order valence-electron chi connectivity index (χ3n) is 5.85. The van der Waals surface area contributed by atoms with Gasteiger partial charge in [0.1, 0.15) is 11.8 Å². The monoisotopic (exact) mass is 453 g/mol. The van der Waals surface area contributed by atoms with Crippen LogP contribution in [-0.4, -0.2) is 16.7 Å². The summed E-state index contributed by atoms with van der Waals surface area (Å²) in [6, 6.07) is 27.2. The van der Waals surface area contributed by atoms with Gasteiger partial charge in [0.15, 0.2) is 4.91 Å². The summed E-state index contributed by atoms with van der Waals surface area (Å²) in [5, 5.41) is 3.20. The number of carbonyl (C=O) groups is 1. The third-order valence-corrected chi connectivity index (χ3v) is 6.85. The lowest BCUT2D eigenvalue weighted by Crippen LogP contribution is -2.30. The minimum absolute atomic E-state index is 0.152. The van der Waals surface area contributed by atoms with Crippen LogP contribution in [0.25, 0.3) is 16.7 Å². The second-order valence-corrected chi connectivity index (χ2v) is 9.31. The van der Waals surface area contributed by atoms with Crippen molar-refractivity contribution in [1.29, 1.82) is 0 Å². The standard InChI is InChI=1S/C29H27NO2S/c1-4-26(22-15-9-6-10-16-22)30-29(31)27-24-18-12-11-17-23(24)20(2)19-25(28(27)33(3)32)21-13-7-5-8-14-21/h5-19,26H,2,4H2,1,3H3,(H,30,31)/t26-,33?/m0/s1. The maximum Gasteiger partial charge on any atom is 0.257 e. The Morgan fingerprint density at radius 1 is 0.939 bits per heavy atom. The molecule has 33 heavy (non-hydrogen) atoms. The number of benzene rings is 3. The molecule has 4 heteroatoms. The third kappa shape index (κ3) is 4.72. The van der Waals surface area contributed by atoms with Gasteiger partial charge in [-0.2, -0.15) is 0 Å². The zero-order valence-electron chi connectivity index (χ0n) is 18.9. The fraction of sp³-hybridized carbons (Fsp3) is 0.138. The molecule has 0 aliphatic heterocycles. The van der Waals surface area contributed by atoms with Gasteiger partial charge in [-0.1, -0.05) is 98.4 Å². The van der Waals surface area contributed by atoms with Crippen molar-refractivity contribution in [1.82, 2.24) is 5.32 Å². The highest BCUT2D eigenvalue weighted by molar-refractivity contribution is 7.95. The van der Waals surface area contributed by atoms with Gasteiger partial charge in [0.2, 0.25) is 0 Å². The second kappa shape index (κ2) is 10.1. The van der Waals surface area contributed by atoms with Crippen LogP contribution >= 0.6 is 0 Å². The Bertz CT molecular complexity index is 1230. The van der Waals surface area contributed by atoms with E-state index < -0.39 is 11.2 Å². The van der Waals surface area contributed by atoms with Crippen LogP contribution < -0.4 is 5.32 Å². The molecule has 3 aromatic rings. The molecule has 2 atom stereocenters. The summed E-state index contributed by atoms with van der Waals surface area (Å²) in [5.41, 5.74) is 5.53. The number of rotatable bonds is 6. The van der Waals surface area contributed by atoms with Crippen molar-refractivity contribution < 1.29 is 9.35 Å². The van der Waals surface area contributed by atoms with Crippen LogP contribution in [0.3, 0.4) is 0 Å². The van der Waals surface area contributed by atoms with E-state index in [1.54, 1.807) is 6.26 Å². The van der Waals surface area contributed by atoms with Crippen LogP contribution in [0.2, 0.25) is 0 Å². The summed E-state index contributed by atoms with van der Waals surface area (Å²) in [7, 11) is 0. The Morgan fingerprint density at radius 2 is 1.52 bits per heavy atom. The smallest absolute Gasteiger partial charge is 0.257 e. The Labute approximate surface area is 198 Å². The normalized spacial score (nSPS) is 15.2. The summed E-state index contributed by atoms with van der Waals surface area (Å²) >= 11 is -1.42. The van der Waals surface area contributed by atoms with E-state index in [0.29, 0.717) is 10.5 Å². The predicted molar refractivity (Wildman–Crippen MR) is 138 cm³/mol. The van der Waals surface area contributed by atoms with Crippen molar-refractivity contribution in [2.45, 2.75) is 19.4 Å². The Hall–Kier alpha value is -3.34. The van der Waals surface area contributed by atoms with E-state index in [0.717, 1.165) is 39.8 Å². The summed E-state index contributed by atoms with van der Waals surface area (Å²) in [4.78, 5) is 14.4. The Balaban J connectivity index is 1.91. The topological polar surface area (TPSA) is 52.2 Å². The molecule has 0 spiro atoms. The maximum absolute atomic E-state index is 13.9. The van der Waals surface area contributed by atoms with Crippen molar-refractivity contribution in [3.8, 4) is 0 Å². The molecule has 166 valence electrons. The van der Waals surface area contributed by atoms with Crippen molar-refractivity contribution in [2.75, 3.05) is 6.26 Å². The van der Waals surface area contributed by atoms with Gasteiger partial charge in [-0.15, -0.1) is 0 Å². The molecule has 1 amide bonds. The van der Waals surface area contributed by atoms with Crippen molar-refractivity contribution in [3.63, 3.8) is 0 Å². The number of hydrogen-bond acceptors (Lipinski definition) is 2. The van der Waals surface area contributed by atoms with Gasteiger partial charge in [-0.25, -0.2) is 0 Å². The first-order chi connectivity index (χ1) is 16.0. The quantitative estimate of drug-likeness (QED) is 0.455. The minimum atomic E-state index is -1.42. The Morgan fingerprint density at radius 3 is 2.12 bits per heavy atom. The number of hydrogen-bond donors (Lipinski definition) is 1. The molecule has 1 aliphatic carbocycles.